The Morgan fingerprint density at radius 3 is 2.46 bits per heavy atom. The number of hydrogen-bond donors (Lipinski definition) is 1. The molecule has 39 heavy (non-hydrogen) atoms. The Hall–Kier alpha value is -4.34. The molecule has 0 saturated carbocycles. The number of halogens is 1. The van der Waals surface area contributed by atoms with Gasteiger partial charge in [0.2, 0.25) is 0 Å². The van der Waals surface area contributed by atoms with E-state index >= 15 is 0 Å². The van der Waals surface area contributed by atoms with E-state index < -0.39 is 0 Å². The van der Waals surface area contributed by atoms with E-state index in [0.717, 1.165) is 16.1 Å². The zero-order valence-electron chi connectivity index (χ0n) is 21.5. The Balaban J connectivity index is 1.32. The lowest BCUT2D eigenvalue weighted by Gasteiger charge is -2.14. The van der Waals surface area contributed by atoms with Gasteiger partial charge in [-0.1, -0.05) is 23.7 Å². The number of thiophene rings is 1. The van der Waals surface area contributed by atoms with Crippen LogP contribution in [0.25, 0.3) is 26.3 Å². The number of rotatable bonds is 8. The molecule has 0 aliphatic rings. The number of aromatic nitrogens is 2. The Bertz CT molecular complexity index is 1700. The maximum Gasteiger partial charge on any atom is 0.275 e. The third kappa shape index (κ3) is 5.74. The summed E-state index contributed by atoms with van der Waals surface area (Å²) in [5.74, 6) is 0.456. The number of benzene rings is 3. The summed E-state index contributed by atoms with van der Waals surface area (Å²) in [5, 5.41) is 3.46. The van der Waals surface area contributed by atoms with E-state index in [1.54, 1.807) is 18.2 Å². The molecule has 2 heterocycles. The van der Waals surface area contributed by atoms with Crippen LogP contribution in [0.2, 0.25) is 5.02 Å². The summed E-state index contributed by atoms with van der Waals surface area (Å²) in [7, 11) is 5.40. The molecule has 0 aliphatic carbocycles. The number of anilines is 2. The van der Waals surface area contributed by atoms with Crippen LogP contribution in [-0.4, -0.2) is 43.3 Å². The lowest BCUT2D eigenvalue weighted by Crippen LogP contribution is -2.20. The fourth-order valence-electron chi connectivity index (χ4n) is 3.96. The van der Waals surface area contributed by atoms with Crippen molar-refractivity contribution in [3.63, 3.8) is 0 Å². The van der Waals surface area contributed by atoms with Gasteiger partial charge in [0.05, 0.1) is 18.3 Å². The molecule has 0 atom stereocenters. The molecule has 0 spiro atoms. The number of ether oxygens (including phenoxy) is 2. The highest BCUT2D eigenvalue weighted by Crippen LogP contribution is 2.33. The number of nitrogens with zero attached hydrogens (tertiary/aromatic N) is 3. The van der Waals surface area contributed by atoms with Gasteiger partial charge in [-0.25, -0.2) is 4.98 Å². The third-order valence-electron chi connectivity index (χ3n) is 6.02. The lowest BCUT2D eigenvalue weighted by atomic mass is 10.2. The lowest BCUT2D eigenvalue weighted by molar-refractivity contribution is -0.118. The van der Waals surface area contributed by atoms with Gasteiger partial charge in [0.25, 0.3) is 11.5 Å². The van der Waals surface area contributed by atoms with Crippen molar-refractivity contribution < 1.29 is 14.3 Å². The second-order valence-corrected chi connectivity index (χ2v) is 10.4. The summed E-state index contributed by atoms with van der Waals surface area (Å²) in [6.07, 6.45) is 1.49. The second kappa shape index (κ2) is 11.2. The third-order valence-corrected chi connectivity index (χ3v) is 7.43. The summed E-state index contributed by atoms with van der Waals surface area (Å²) >= 11 is 7.38. The van der Waals surface area contributed by atoms with Crippen molar-refractivity contribution in [3.8, 4) is 27.6 Å². The number of methoxy groups -OCH3 is 1. The van der Waals surface area contributed by atoms with Gasteiger partial charge in [0.15, 0.2) is 18.1 Å². The molecule has 0 fully saturated rings. The molecule has 1 amide bonds. The van der Waals surface area contributed by atoms with Crippen molar-refractivity contribution in [2.24, 2.45) is 0 Å². The predicted octanol–water partition coefficient (Wildman–Crippen LogP) is 5.86. The minimum atomic E-state index is -0.307. The number of fused-ring (bicyclic) bond motifs is 1. The van der Waals surface area contributed by atoms with Crippen LogP contribution in [0.1, 0.15) is 0 Å². The van der Waals surface area contributed by atoms with Gasteiger partial charge in [0, 0.05) is 41.4 Å². The van der Waals surface area contributed by atoms with Crippen molar-refractivity contribution >= 4 is 50.4 Å². The topological polar surface area (TPSA) is 85.7 Å². The van der Waals surface area contributed by atoms with Crippen LogP contribution >= 0.6 is 22.9 Å². The molecular formula is C29H25ClN4O4S. The van der Waals surface area contributed by atoms with Crippen LogP contribution in [0.15, 0.2) is 83.9 Å². The Labute approximate surface area is 234 Å². The van der Waals surface area contributed by atoms with Gasteiger partial charge in [-0.05, 0) is 60.2 Å². The van der Waals surface area contributed by atoms with Crippen molar-refractivity contribution in [2.45, 2.75) is 0 Å². The number of nitrogens with one attached hydrogen (secondary N) is 1. The molecule has 8 nitrogen and oxygen atoms in total. The average molecular weight is 561 g/mol. The van der Waals surface area contributed by atoms with Crippen LogP contribution in [-0.2, 0) is 4.79 Å². The Morgan fingerprint density at radius 1 is 1.03 bits per heavy atom. The summed E-state index contributed by atoms with van der Waals surface area (Å²) in [6, 6.07) is 21.9. The van der Waals surface area contributed by atoms with E-state index in [2.05, 4.69) is 10.3 Å². The molecule has 2 aromatic heterocycles. The molecule has 10 heteroatoms. The fraction of sp³-hybridized carbons (Fsp3) is 0.138. The number of amides is 1. The van der Waals surface area contributed by atoms with Crippen molar-refractivity contribution in [1.29, 1.82) is 0 Å². The molecule has 0 radical (unpaired) electrons. The van der Waals surface area contributed by atoms with Crippen LogP contribution < -0.4 is 25.2 Å². The van der Waals surface area contributed by atoms with E-state index in [9.17, 15) is 9.59 Å². The largest absolute Gasteiger partial charge is 0.493 e. The number of hydrogen-bond acceptors (Lipinski definition) is 7. The highest BCUT2D eigenvalue weighted by atomic mass is 35.5. The molecule has 0 unspecified atom stereocenters. The molecule has 3 aromatic carbocycles. The summed E-state index contributed by atoms with van der Waals surface area (Å²) in [6.45, 7) is -0.207. The Morgan fingerprint density at radius 2 is 1.77 bits per heavy atom. The molecule has 0 bridgehead atoms. The minimum Gasteiger partial charge on any atom is -0.493 e. The molecule has 5 rings (SSSR count). The van der Waals surface area contributed by atoms with Crippen LogP contribution in [0.4, 0.5) is 11.4 Å². The summed E-state index contributed by atoms with van der Waals surface area (Å²) in [4.78, 5) is 33.2. The van der Waals surface area contributed by atoms with Crippen LogP contribution in [0, 0.1) is 0 Å². The smallest absolute Gasteiger partial charge is 0.275 e. The molecule has 5 aromatic rings. The number of carbonyl (C=O) groups excluding carboxylic acids is 1. The second-order valence-electron chi connectivity index (χ2n) is 8.86. The van der Waals surface area contributed by atoms with E-state index in [4.69, 9.17) is 21.1 Å². The van der Waals surface area contributed by atoms with Gasteiger partial charge < -0.3 is 19.7 Å². The standard InChI is InChI=1S/C29H25ClN4O4S/c1-33(2)21-10-8-20(9-11-21)32-27(35)16-38-24-13-12-22(14-25(24)37-3)34-17-31-23-15-26(39-28(23)29(34)36)18-4-6-19(30)7-5-18/h4-15,17H,16H2,1-3H3,(H,32,35). The molecule has 0 saturated heterocycles. The maximum atomic E-state index is 13.3. The predicted molar refractivity (Wildman–Crippen MR) is 157 cm³/mol. The van der Waals surface area contributed by atoms with Gasteiger partial charge in [0.1, 0.15) is 11.0 Å². The summed E-state index contributed by atoms with van der Waals surface area (Å²) < 4.78 is 13.2. The first-order valence-corrected chi connectivity index (χ1v) is 13.2. The van der Waals surface area contributed by atoms with Crippen molar-refractivity contribution in [3.05, 3.63) is 94.5 Å². The SMILES string of the molecule is COc1cc(-n2cnc3cc(-c4ccc(Cl)cc4)sc3c2=O)ccc1OCC(=O)Nc1ccc(N(C)C)cc1. The van der Waals surface area contributed by atoms with Crippen molar-refractivity contribution in [1.82, 2.24) is 9.55 Å². The average Bonchev–Trinajstić information content (AvgIpc) is 3.38. The van der Waals surface area contributed by atoms with Gasteiger partial charge in [-0.15, -0.1) is 11.3 Å². The summed E-state index contributed by atoms with van der Waals surface area (Å²) in [5.41, 5.74) is 3.66. The normalized spacial score (nSPS) is 10.9. The van der Waals surface area contributed by atoms with E-state index in [1.807, 2.05) is 73.6 Å². The zero-order valence-corrected chi connectivity index (χ0v) is 23.0. The first-order valence-electron chi connectivity index (χ1n) is 12.0. The highest BCUT2D eigenvalue weighted by Gasteiger charge is 2.14. The van der Waals surface area contributed by atoms with E-state index in [1.165, 1.54) is 29.3 Å². The van der Waals surface area contributed by atoms with Crippen molar-refractivity contribution in [2.75, 3.05) is 38.0 Å². The van der Waals surface area contributed by atoms with Gasteiger partial charge in [-0.2, -0.15) is 0 Å². The molecule has 0 aliphatic heterocycles. The zero-order chi connectivity index (χ0) is 27.5. The van der Waals surface area contributed by atoms with E-state index in [0.29, 0.717) is 38.1 Å². The van der Waals surface area contributed by atoms with Gasteiger partial charge >= 0.3 is 0 Å². The fourth-order valence-corrected chi connectivity index (χ4v) is 5.13. The molecular weight excluding hydrogens is 536 g/mol. The quantitative estimate of drug-likeness (QED) is 0.256. The molecule has 198 valence electrons. The minimum absolute atomic E-state index is 0.194. The highest BCUT2D eigenvalue weighted by molar-refractivity contribution is 7.22. The number of carbonyl (C=O) groups is 1. The maximum absolute atomic E-state index is 13.3. The van der Waals surface area contributed by atoms with Crippen LogP contribution in [0.3, 0.4) is 0 Å². The van der Waals surface area contributed by atoms with E-state index in [-0.39, 0.29) is 18.1 Å². The first kappa shape index (κ1) is 26.3. The Kier molecular flexibility index (Phi) is 7.53. The van der Waals surface area contributed by atoms with Gasteiger partial charge in [-0.3, -0.25) is 14.2 Å². The monoisotopic (exact) mass is 560 g/mol. The first-order chi connectivity index (χ1) is 18.8. The van der Waals surface area contributed by atoms with Crippen LogP contribution in [0.5, 0.6) is 11.5 Å². The molecule has 1 N–H and O–H groups in total.